The van der Waals surface area contributed by atoms with Gasteiger partial charge in [0.1, 0.15) is 5.15 Å². The van der Waals surface area contributed by atoms with Crippen molar-refractivity contribution in [2.45, 2.75) is 19.4 Å². The number of aromatic nitrogens is 2. The van der Waals surface area contributed by atoms with Crippen LogP contribution in [0.5, 0.6) is 0 Å². The quantitative estimate of drug-likeness (QED) is 0.934. The Morgan fingerprint density at radius 3 is 2.82 bits per heavy atom. The van der Waals surface area contributed by atoms with Crippen LogP contribution in [0, 0.1) is 6.92 Å². The van der Waals surface area contributed by atoms with Gasteiger partial charge in [0.2, 0.25) is 0 Å². The normalized spacial score (nSPS) is 13.0. The van der Waals surface area contributed by atoms with E-state index in [4.69, 9.17) is 17.3 Å². The third-order valence-corrected chi connectivity index (χ3v) is 4.95. The van der Waals surface area contributed by atoms with Gasteiger partial charge in [-0.2, -0.15) is 5.10 Å². The molecule has 92 valence electrons. The minimum absolute atomic E-state index is 0.0355. The minimum Gasteiger partial charge on any atom is -0.323 e. The fourth-order valence-corrected chi connectivity index (χ4v) is 3.45. The van der Waals surface area contributed by atoms with Crippen LogP contribution >= 0.6 is 38.9 Å². The van der Waals surface area contributed by atoms with Crippen LogP contribution in [-0.4, -0.2) is 9.78 Å². The first-order valence-electron chi connectivity index (χ1n) is 5.16. The molecule has 0 saturated carbocycles. The van der Waals surface area contributed by atoms with E-state index in [0.717, 1.165) is 20.6 Å². The summed E-state index contributed by atoms with van der Waals surface area (Å²) in [6, 6.07) is 2.02. The molecule has 0 amide bonds. The van der Waals surface area contributed by atoms with Gasteiger partial charge < -0.3 is 5.73 Å². The lowest BCUT2D eigenvalue weighted by atomic mass is 10.1. The zero-order chi connectivity index (χ0) is 12.6. The van der Waals surface area contributed by atoms with Crippen molar-refractivity contribution in [3.05, 3.63) is 37.2 Å². The van der Waals surface area contributed by atoms with E-state index in [-0.39, 0.29) is 6.04 Å². The van der Waals surface area contributed by atoms with Crippen LogP contribution in [0.25, 0.3) is 0 Å². The fraction of sp³-hybridized carbons (Fsp3) is 0.364. The molecule has 0 aliphatic heterocycles. The molecule has 0 aliphatic carbocycles. The topological polar surface area (TPSA) is 43.8 Å². The molecule has 2 rings (SSSR count). The van der Waals surface area contributed by atoms with Crippen molar-refractivity contribution in [3.8, 4) is 0 Å². The summed E-state index contributed by atoms with van der Waals surface area (Å²) in [4.78, 5) is 1.15. The zero-order valence-corrected chi connectivity index (χ0v) is 12.7. The van der Waals surface area contributed by atoms with Gasteiger partial charge in [-0.3, -0.25) is 4.68 Å². The average Bonchev–Trinajstić information content (AvgIpc) is 2.79. The van der Waals surface area contributed by atoms with E-state index in [0.29, 0.717) is 11.6 Å². The Morgan fingerprint density at radius 1 is 1.65 bits per heavy atom. The average molecular weight is 335 g/mol. The number of rotatable bonds is 3. The van der Waals surface area contributed by atoms with Gasteiger partial charge in [-0.15, -0.1) is 11.3 Å². The summed E-state index contributed by atoms with van der Waals surface area (Å²) < 4.78 is 2.76. The van der Waals surface area contributed by atoms with E-state index in [2.05, 4.69) is 27.1 Å². The van der Waals surface area contributed by atoms with E-state index in [9.17, 15) is 0 Å². The fourth-order valence-electron chi connectivity index (χ4n) is 1.75. The first kappa shape index (κ1) is 13.1. The van der Waals surface area contributed by atoms with Crippen LogP contribution < -0.4 is 5.73 Å². The van der Waals surface area contributed by atoms with E-state index < -0.39 is 0 Å². The Bertz CT molecular complexity index is 535. The molecule has 3 nitrogen and oxygen atoms in total. The first-order chi connectivity index (χ1) is 7.99. The molecule has 6 heteroatoms. The van der Waals surface area contributed by atoms with E-state index >= 15 is 0 Å². The minimum atomic E-state index is -0.0355. The summed E-state index contributed by atoms with van der Waals surface area (Å²) in [6.07, 6.45) is 0.714. The highest BCUT2D eigenvalue weighted by Gasteiger charge is 2.16. The van der Waals surface area contributed by atoms with Crippen LogP contribution in [0.1, 0.15) is 22.2 Å². The molecule has 1 unspecified atom stereocenters. The van der Waals surface area contributed by atoms with Crippen molar-refractivity contribution >= 4 is 38.9 Å². The molecule has 2 heterocycles. The van der Waals surface area contributed by atoms with Crippen molar-refractivity contribution in [2.24, 2.45) is 12.8 Å². The summed E-state index contributed by atoms with van der Waals surface area (Å²) in [7, 11) is 1.84. The van der Waals surface area contributed by atoms with Gasteiger partial charge in [0.05, 0.1) is 5.69 Å². The molecule has 17 heavy (non-hydrogen) atoms. The lowest BCUT2D eigenvalue weighted by Crippen LogP contribution is -2.12. The Kier molecular flexibility index (Phi) is 3.92. The van der Waals surface area contributed by atoms with Crippen molar-refractivity contribution in [1.82, 2.24) is 9.78 Å². The van der Waals surface area contributed by atoms with Crippen LogP contribution in [0.4, 0.5) is 0 Å². The van der Waals surface area contributed by atoms with Crippen molar-refractivity contribution < 1.29 is 0 Å². The number of hydrogen-bond donors (Lipinski definition) is 1. The van der Waals surface area contributed by atoms with Crippen LogP contribution in [0.3, 0.4) is 0 Å². The highest BCUT2D eigenvalue weighted by Crippen LogP contribution is 2.29. The molecule has 2 aromatic rings. The van der Waals surface area contributed by atoms with Crippen LogP contribution in [-0.2, 0) is 13.5 Å². The predicted octanol–water partition coefficient (Wildman–Crippen LogP) is 3.45. The van der Waals surface area contributed by atoms with Crippen LogP contribution in [0.15, 0.2) is 15.9 Å². The molecule has 2 aromatic heterocycles. The summed E-state index contributed by atoms with van der Waals surface area (Å²) in [5.74, 6) is 0. The van der Waals surface area contributed by atoms with Crippen molar-refractivity contribution in [2.75, 3.05) is 0 Å². The Morgan fingerprint density at radius 2 is 2.35 bits per heavy atom. The standard InChI is InChI=1S/C11H13BrClN3S/c1-6-8(11(13)16(2)15-6)4-9(14)10-3-7(12)5-17-10/h3,5,9H,4,14H2,1-2H3. The van der Waals surface area contributed by atoms with Gasteiger partial charge in [-0.05, 0) is 35.3 Å². The molecule has 0 saturated heterocycles. The van der Waals surface area contributed by atoms with Gasteiger partial charge in [-0.1, -0.05) is 11.6 Å². The summed E-state index contributed by atoms with van der Waals surface area (Å²) in [5.41, 5.74) is 8.16. The van der Waals surface area contributed by atoms with Gasteiger partial charge >= 0.3 is 0 Å². The van der Waals surface area contributed by atoms with Crippen LogP contribution in [0.2, 0.25) is 5.15 Å². The molecular formula is C11H13BrClN3S. The largest absolute Gasteiger partial charge is 0.323 e. The molecule has 2 N–H and O–H groups in total. The lowest BCUT2D eigenvalue weighted by Gasteiger charge is -2.09. The first-order valence-corrected chi connectivity index (χ1v) is 7.21. The number of aryl methyl sites for hydroxylation is 2. The molecular weight excluding hydrogens is 322 g/mol. The molecule has 1 atom stereocenters. The van der Waals surface area contributed by atoms with Gasteiger partial charge in [0.25, 0.3) is 0 Å². The Labute approximate surface area is 118 Å². The zero-order valence-electron chi connectivity index (χ0n) is 9.58. The van der Waals surface area contributed by atoms with E-state index in [1.54, 1.807) is 16.0 Å². The molecule has 0 spiro atoms. The third kappa shape index (κ3) is 2.73. The van der Waals surface area contributed by atoms with E-state index in [1.807, 2.05) is 19.4 Å². The maximum absolute atomic E-state index is 6.19. The maximum Gasteiger partial charge on any atom is 0.130 e. The number of thiophene rings is 1. The third-order valence-electron chi connectivity index (χ3n) is 2.65. The monoisotopic (exact) mass is 333 g/mol. The second-order valence-corrected chi connectivity index (χ2v) is 6.17. The van der Waals surface area contributed by atoms with Gasteiger partial charge in [-0.25, -0.2) is 0 Å². The Balaban J connectivity index is 2.21. The summed E-state index contributed by atoms with van der Waals surface area (Å²) >= 11 is 11.3. The highest BCUT2D eigenvalue weighted by atomic mass is 79.9. The van der Waals surface area contributed by atoms with Gasteiger partial charge in [0.15, 0.2) is 0 Å². The highest BCUT2D eigenvalue weighted by molar-refractivity contribution is 9.10. The lowest BCUT2D eigenvalue weighted by molar-refractivity contribution is 0.731. The second-order valence-electron chi connectivity index (χ2n) is 3.96. The SMILES string of the molecule is Cc1nn(C)c(Cl)c1CC(N)c1cc(Br)cs1. The maximum atomic E-state index is 6.19. The molecule has 0 fully saturated rings. The molecule has 0 bridgehead atoms. The molecule has 0 radical (unpaired) electrons. The Hall–Kier alpha value is -0.360. The number of halogens is 2. The number of nitrogens with zero attached hydrogens (tertiary/aromatic N) is 2. The second kappa shape index (κ2) is 5.10. The molecule has 0 aliphatic rings. The summed E-state index contributed by atoms with van der Waals surface area (Å²) in [6.45, 7) is 1.96. The predicted molar refractivity (Wildman–Crippen MR) is 75.6 cm³/mol. The number of nitrogens with two attached hydrogens (primary N) is 1. The van der Waals surface area contributed by atoms with E-state index in [1.165, 1.54) is 0 Å². The number of hydrogen-bond acceptors (Lipinski definition) is 3. The van der Waals surface area contributed by atoms with Crippen molar-refractivity contribution in [3.63, 3.8) is 0 Å². The smallest absolute Gasteiger partial charge is 0.130 e. The van der Waals surface area contributed by atoms with Crippen molar-refractivity contribution in [1.29, 1.82) is 0 Å². The van der Waals surface area contributed by atoms with Gasteiger partial charge in [0, 0.05) is 33.4 Å². The summed E-state index contributed by atoms with van der Waals surface area (Å²) in [5, 5.41) is 7.00. The molecule has 0 aromatic carbocycles.